The van der Waals surface area contributed by atoms with Gasteiger partial charge in [0, 0.05) is 19.8 Å². The first-order valence-corrected chi connectivity index (χ1v) is 9.47. The number of fused-ring (bicyclic) bond motifs is 1. The van der Waals surface area contributed by atoms with E-state index in [4.69, 9.17) is 4.74 Å². The van der Waals surface area contributed by atoms with Crippen LogP contribution in [0.15, 0.2) is 77.9 Å². The molecule has 31 heavy (non-hydrogen) atoms. The Morgan fingerprint density at radius 1 is 0.935 bits per heavy atom. The monoisotopic (exact) mass is 532 g/mol. The summed E-state index contributed by atoms with van der Waals surface area (Å²) in [5.41, 5.74) is 1.87. The molecule has 0 aliphatic rings. The maximum atomic E-state index is 13.0. The summed E-state index contributed by atoms with van der Waals surface area (Å²) in [4.78, 5) is 4.24. The minimum atomic E-state index is -0.289. The van der Waals surface area contributed by atoms with E-state index in [9.17, 15) is 4.39 Å². The van der Waals surface area contributed by atoms with E-state index in [0.29, 0.717) is 30.5 Å². The average Bonchev–Trinajstić information content (AvgIpc) is 3.20. The minimum absolute atomic E-state index is 0. The Kier molecular flexibility index (Phi) is 7.76. The number of aromatic nitrogens is 3. The molecule has 160 valence electrons. The van der Waals surface area contributed by atoms with Crippen molar-refractivity contribution in [1.29, 1.82) is 0 Å². The van der Waals surface area contributed by atoms with E-state index >= 15 is 0 Å². The summed E-state index contributed by atoms with van der Waals surface area (Å²) in [6.07, 6.45) is 1.93. The molecule has 0 fully saturated rings. The van der Waals surface area contributed by atoms with Crippen molar-refractivity contribution in [2.75, 3.05) is 7.05 Å². The highest BCUT2D eigenvalue weighted by atomic mass is 127. The van der Waals surface area contributed by atoms with Crippen molar-refractivity contribution >= 4 is 35.6 Å². The van der Waals surface area contributed by atoms with Crippen molar-refractivity contribution in [2.24, 2.45) is 4.99 Å². The molecule has 9 heteroatoms. The zero-order chi connectivity index (χ0) is 20.8. The number of ether oxygens (including phenoxy) is 1. The van der Waals surface area contributed by atoms with Gasteiger partial charge in [-0.1, -0.05) is 18.2 Å². The predicted molar refractivity (Wildman–Crippen MR) is 128 cm³/mol. The van der Waals surface area contributed by atoms with E-state index in [0.717, 1.165) is 17.0 Å². The van der Waals surface area contributed by atoms with Gasteiger partial charge in [0.15, 0.2) is 17.4 Å². The van der Waals surface area contributed by atoms with Gasteiger partial charge in [0.1, 0.15) is 17.3 Å². The van der Waals surface area contributed by atoms with Crippen LogP contribution in [0.3, 0.4) is 0 Å². The Labute approximate surface area is 196 Å². The fraction of sp³-hybridized carbons (Fsp3) is 0.136. The Bertz CT molecular complexity index is 1140. The smallest absolute Gasteiger partial charge is 0.191 e. The molecule has 0 saturated carbocycles. The predicted octanol–water partition coefficient (Wildman–Crippen LogP) is 4.14. The van der Waals surface area contributed by atoms with Gasteiger partial charge in [-0.2, -0.15) is 0 Å². The molecule has 0 spiro atoms. The van der Waals surface area contributed by atoms with Crippen LogP contribution in [-0.2, 0) is 13.1 Å². The Balaban J connectivity index is 0.00000272. The topological polar surface area (TPSA) is 75.8 Å². The zero-order valence-electron chi connectivity index (χ0n) is 16.8. The third-order valence-corrected chi connectivity index (χ3v) is 4.45. The van der Waals surface area contributed by atoms with Gasteiger partial charge in [-0.05, 0) is 54.1 Å². The van der Waals surface area contributed by atoms with Gasteiger partial charge >= 0.3 is 0 Å². The first-order chi connectivity index (χ1) is 14.7. The van der Waals surface area contributed by atoms with E-state index < -0.39 is 0 Å². The summed E-state index contributed by atoms with van der Waals surface area (Å²) >= 11 is 0. The van der Waals surface area contributed by atoms with Crippen molar-refractivity contribution in [2.45, 2.75) is 13.1 Å². The summed E-state index contributed by atoms with van der Waals surface area (Å²) in [7, 11) is 1.72. The van der Waals surface area contributed by atoms with Crippen LogP contribution in [0.1, 0.15) is 11.4 Å². The molecule has 0 aliphatic heterocycles. The normalized spacial score (nSPS) is 11.1. The van der Waals surface area contributed by atoms with Gasteiger partial charge in [-0.25, -0.2) is 4.39 Å². The minimum Gasteiger partial charge on any atom is -0.457 e. The van der Waals surface area contributed by atoms with E-state index in [1.54, 1.807) is 19.2 Å². The molecule has 0 aliphatic carbocycles. The maximum absolute atomic E-state index is 13.0. The molecular formula is C22H22FIN6O. The van der Waals surface area contributed by atoms with Crippen molar-refractivity contribution in [3.8, 4) is 11.5 Å². The van der Waals surface area contributed by atoms with Gasteiger partial charge in [0.2, 0.25) is 0 Å². The third-order valence-electron chi connectivity index (χ3n) is 4.45. The number of hydrogen-bond acceptors (Lipinski definition) is 4. The van der Waals surface area contributed by atoms with Crippen LogP contribution in [-0.4, -0.2) is 27.6 Å². The van der Waals surface area contributed by atoms with E-state index in [1.807, 2.05) is 53.1 Å². The third kappa shape index (κ3) is 5.91. The fourth-order valence-electron chi connectivity index (χ4n) is 2.89. The van der Waals surface area contributed by atoms with Crippen LogP contribution < -0.4 is 15.4 Å². The van der Waals surface area contributed by atoms with Gasteiger partial charge in [-0.3, -0.25) is 9.39 Å². The second kappa shape index (κ2) is 10.7. The summed E-state index contributed by atoms with van der Waals surface area (Å²) in [6.45, 7) is 1.09. The van der Waals surface area contributed by atoms with Crippen molar-refractivity contribution in [1.82, 2.24) is 25.2 Å². The quantitative estimate of drug-likeness (QED) is 0.222. The number of rotatable bonds is 6. The number of benzene rings is 2. The lowest BCUT2D eigenvalue weighted by Gasteiger charge is -2.12. The van der Waals surface area contributed by atoms with Crippen molar-refractivity contribution in [3.63, 3.8) is 0 Å². The second-order valence-electron chi connectivity index (χ2n) is 6.52. The summed E-state index contributed by atoms with van der Waals surface area (Å²) < 4.78 is 20.6. The molecule has 2 aromatic carbocycles. The molecule has 0 bridgehead atoms. The number of nitrogens with one attached hydrogen (secondary N) is 2. The summed E-state index contributed by atoms with van der Waals surface area (Å²) in [6, 6.07) is 19.4. The molecule has 4 aromatic rings. The molecule has 2 aromatic heterocycles. The first kappa shape index (κ1) is 22.5. The highest BCUT2D eigenvalue weighted by Gasteiger charge is 2.06. The number of aliphatic imine (C=N–C) groups is 1. The molecular weight excluding hydrogens is 510 g/mol. The lowest BCUT2D eigenvalue weighted by atomic mass is 10.2. The summed E-state index contributed by atoms with van der Waals surface area (Å²) in [5, 5.41) is 14.9. The van der Waals surface area contributed by atoms with Crippen molar-refractivity contribution < 1.29 is 9.13 Å². The number of hydrogen-bond donors (Lipinski definition) is 2. The highest BCUT2D eigenvalue weighted by Crippen LogP contribution is 2.21. The average molecular weight is 532 g/mol. The van der Waals surface area contributed by atoms with Crippen LogP contribution in [0.2, 0.25) is 0 Å². The van der Waals surface area contributed by atoms with Gasteiger partial charge < -0.3 is 15.4 Å². The van der Waals surface area contributed by atoms with Crippen LogP contribution >= 0.6 is 24.0 Å². The molecule has 0 amide bonds. The lowest BCUT2D eigenvalue weighted by molar-refractivity contribution is 0.480. The van der Waals surface area contributed by atoms with Crippen LogP contribution in [0.5, 0.6) is 11.5 Å². The first-order valence-electron chi connectivity index (χ1n) is 9.47. The molecule has 2 N–H and O–H groups in total. The van der Waals surface area contributed by atoms with Crippen LogP contribution in [0, 0.1) is 5.82 Å². The van der Waals surface area contributed by atoms with Gasteiger partial charge in [0.05, 0.1) is 6.54 Å². The molecule has 0 radical (unpaired) electrons. The fourth-order valence-corrected chi connectivity index (χ4v) is 2.89. The Morgan fingerprint density at radius 3 is 2.32 bits per heavy atom. The molecule has 0 saturated heterocycles. The standard InChI is InChI=1S/C22H21FN6O.HI/c1-24-22(26-15-21-28-27-20-4-2-3-13-29(20)21)25-14-16-5-9-18(10-6-16)30-19-11-7-17(23)8-12-19;/h2-13H,14-15H2,1H3,(H2,24,25,26);1H. The van der Waals surface area contributed by atoms with E-state index in [-0.39, 0.29) is 29.8 Å². The second-order valence-corrected chi connectivity index (χ2v) is 6.52. The van der Waals surface area contributed by atoms with Gasteiger partial charge in [-0.15, -0.1) is 34.2 Å². The molecule has 0 atom stereocenters. The molecule has 4 rings (SSSR count). The van der Waals surface area contributed by atoms with Crippen LogP contribution in [0.25, 0.3) is 5.65 Å². The molecule has 0 unspecified atom stereocenters. The largest absolute Gasteiger partial charge is 0.457 e. The number of halogens is 2. The Morgan fingerprint density at radius 2 is 1.61 bits per heavy atom. The Hall–Kier alpha value is -3.21. The highest BCUT2D eigenvalue weighted by molar-refractivity contribution is 14.0. The van der Waals surface area contributed by atoms with Gasteiger partial charge in [0.25, 0.3) is 0 Å². The van der Waals surface area contributed by atoms with Crippen molar-refractivity contribution in [3.05, 3.63) is 90.1 Å². The summed E-state index contributed by atoms with van der Waals surface area (Å²) in [5.74, 6) is 2.45. The van der Waals surface area contributed by atoms with Crippen LogP contribution in [0.4, 0.5) is 4.39 Å². The number of guanidine groups is 1. The molecule has 2 heterocycles. The molecule has 7 nitrogen and oxygen atoms in total. The van der Waals surface area contributed by atoms with E-state index in [2.05, 4.69) is 25.8 Å². The zero-order valence-corrected chi connectivity index (χ0v) is 19.2. The number of nitrogens with zero attached hydrogens (tertiary/aromatic N) is 4. The SMILES string of the molecule is CN=C(NCc1ccc(Oc2ccc(F)cc2)cc1)NCc1nnc2ccccn12.I. The lowest BCUT2D eigenvalue weighted by Crippen LogP contribution is -2.36. The van der Waals surface area contributed by atoms with E-state index in [1.165, 1.54) is 12.1 Å². The number of pyridine rings is 1. The maximum Gasteiger partial charge on any atom is 0.191 e.